The van der Waals surface area contributed by atoms with Gasteiger partial charge in [-0.1, -0.05) is 24.6 Å². The Hall–Kier alpha value is -1.35. The Morgan fingerprint density at radius 1 is 1.24 bits per heavy atom. The van der Waals surface area contributed by atoms with E-state index in [1.807, 2.05) is 35.2 Å². The number of nitrogens with two attached hydrogens (primary N) is 1. The van der Waals surface area contributed by atoms with Crippen LogP contribution in [0.15, 0.2) is 30.3 Å². The van der Waals surface area contributed by atoms with Gasteiger partial charge >= 0.3 is 0 Å². The zero-order valence-corrected chi connectivity index (χ0v) is 10.1. The van der Waals surface area contributed by atoms with Crippen LogP contribution >= 0.6 is 0 Å². The van der Waals surface area contributed by atoms with Crippen LogP contribution in [-0.2, 0) is 0 Å². The van der Waals surface area contributed by atoms with Gasteiger partial charge in [0.1, 0.15) is 0 Å². The first kappa shape index (κ1) is 12.1. The Bertz CT molecular complexity index is 358. The number of rotatable bonds is 5. The minimum Gasteiger partial charge on any atom is -0.338 e. The van der Waals surface area contributed by atoms with Gasteiger partial charge in [0.05, 0.1) is 0 Å². The second-order valence-corrected chi connectivity index (χ2v) is 4.73. The van der Waals surface area contributed by atoms with E-state index in [1.165, 1.54) is 12.8 Å². The van der Waals surface area contributed by atoms with Crippen LogP contribution in [0.5, 0.6) is 0 Å². The highest BCUT2D eigenvalue weighted by atomic mass is 16.2. The summed E-state index contributed by atoms with van der Waals surface area (Å²) in [6.07, 6.45) is 3.49. The van der Waals surface area contributed by atoms with Gasteiger partial charge in [0.15, 0.2) is 0 Å². The van der Waals surface area contributed by atoms with Crippen molar-refractivity contribution in [2.45, 2.75) is 19.3 Å². The molecule has 0 radical (unpaired) electrons. The molecule has 3 heteroatoms. The highest BCUT2D eigenvalue weighted by Crippen LogP contribution is 2.23. The van der Waals surface area contributed by atoms with Crippen molar-refractivity contribution in [3.8, 4) is 0 Å². The van der Waals surface area contributed by atoms with Crippen molar-refractivity contribution < 1.29 is 4.79 Å². The Labute approximate surface area is 103 Å². The van der Waals surface area contributed by atoms with E-state index in [9.17, 15) is 4.79 Å². The van der Waals surface area contributed by atoms with E-state index < -0.39 is 0 Å². The predicted octanol–water partition coefficient (Wildman–Crippen LogP) is 1.89. The number of carbonyl (C=O) groups is 1. The average molecular weight is 232 g/mol. The molecule has 1 saturated heterocycles. The van der Waals surface area contributed by atoms with Gasteiger partial charge in [-0.15, -0.1) is 0 Å². The largest absolute Gasteiger partial charge is 0.338 e. The molecule has 1 amide bonds. The molecule has 1 aromatic carbocycles. The lowest BCUT2D eigenvalue weighted by Crippen LogP contribution is -2.49. The number of hydrogen-bond donors (Lipinski definition) is 1. The molecule has 3 nitrogen and oxygen atoms in total. The maximum Gasteiger partial charge on any atom is 0.253 e. The number of unbranched alkanes of at least 4 members (excludes halogenated alkanes) is 1. The van der Waals surface area contributed by atoms with Crippen LogP contribution in [0.4, 0.5) is 0 Å². The monoisotopic (exact) mass is 232 g/mol. The minimum absolute atomic E-state index is 0.167. The molecule has 0 aromatic heterocycles. The summed E-state index contributed by atoms with van der Waals surface area (Å²) in [5.41, 5.74) is 6.26. The number of hydrogen-bond acceptors (Lipinski definition) is 2. The molecular formula is C14H20N2O. The maximum atomic E-state index is 12.0. The van der Waals surface area contributed by atoms with Gasteiger partial charge < -0.3 is 10.6 Å². The molecule has 1 fully saturated rings. The topological polar surface area (TPSA) is 46.3 Å². The van der Waals surface area contributed by atoms with E-state index in [4.69, 9.17) is 5.73 Å². The summed E-state index contributed by atoms with van der Waals surface area (Å²) >= 11 is 0. The van der Waals surface area contributed by atoms with E-state index in [0.717, 1.165) is 31.6 Å². The van der Waals surface area contributed by atoms with E-state index in [-0.39, 0.29) is 5.91 Å². The van der Waals surface area contributed by atoms with Gasteiger partial charge in [0.2, 0.25) is 0 Å². The van der Waals surface area contributed by atoms with Crippen molar-refractivity contribution in [2.24, 2.45) is 11.7 Å². The summed E-state index contributed by atoms with van der Waals surface area (Å²) in [4.78, 5) is 13.9. The molecule has 1 aromatic rings. The van der Waals surface area contributed by atoms with Gasteiger partial charge in [-0.05, 0) is 37.4 Å². The first-order chi connectivity index (χ1) is 8.31. The summed E-state index contributed by atoms with van der Waals surface area (Å²) in [6.45, 7) is 2.61. The molecule has 0 bridgehead atoms. The van der Waals surface area contributed by atoms with Crippen LogP contribution in [0, 0.1) is 5.92 Å². The summed E-state index contributed by atoms with van der Waals surface area (Å²) < 4.78 is 0. The third-order valence-corrected chi connectivity index (χ3v) is 3.33. The smallest absolute Gasteiger partial charge is 0.253 e. The molecule has 0 saturated carbocycles. The Morgan fingerprint density at radius 2 is 1.94 bits per heavy atom. The zero-order valence-electron chi connectivity index (χ0n) is 10.1. The molecule has 1 aliphatic heterocycles. The normalized spacial score (nSPS) is 15.7. The Morgan fingerprint density at radius 3 is 2.59 bits per heavy atom. The number of likely N-dealkylation sites (tertiary alicyclic amines) is 1. The standard InChI is InChI=1S/C14H20N2O/c15-9-5-4-6-12-10-16(11-12)14(17)13-7-2-1-3-8-13/h1-3,7-8,12H,4-6,9-11,15H2. The summed E-state index contributed by atoms with van der Waals surface area (Å²) in [5, 5.41) is 0. The molecule has 17 heavy (non-hydrogen) atoms. The van der Waals surface area contributed by atoms with Crippen molar-refractivity contribution >= 4 is 5.91 Å². The number of nitrogens with zero attached hydrogens (tertiary/aromatic N) is 1. The molecule has 1 aliphatic rings. The summed E-state index contributed by atoms with van der Waals surface area (Å²) in [7, 11) is 0. The van der Waals surface area contributed by atoms with Gasteiger partial charge in [0, 0.05) is 18.7 Å². The average Bonchev–Trinajstić information content (AvgIpc) is 2.32. The van der Waals surface area contributed by atoms with Crippen LogP contribution in [-0.4, -0.2) is 30.4 Å². The highest BCUT2D eigenvalue weighted by molar-refractivity contribution is 5.94. The van der Waals surface area contributed by atoms with Crippen LogP contribution in [0.1, 0.15) is 29.6 Å². The van der Waals surface area contributed by atoms with E-state index in [1.54, 1.807) is 0 Å². The first-order valence-corrected chi connectivity index (χ1v) is 6.35. The van der Waals surface area contributed by atoms with Gasteiger partial charge in [-0.25, -0.2) is 0 Å². The second-order valence-electron chi connectivity index (χ2n) is 4.73. The molecule has 0 unspecified atom stereocenters. The van der Waals surface area contributed by atoms with Crippen molar-refractivity contribution in [1.29, 1.82) is 0 Å². The molecule has 92 valence electrons. The van der Waals surface area contributed by atoms with Crippen LogP contribution in [0.2, 0.25) is 0 Å². The number of carbonyl (C=O) groups excluding carboxylic acids is 1. The number of amides is 1. The third-order valence-electron chi connectivity index (χ3n) is 3.33. The van der Waals surface area contributed by atoms with Gasteiger partial charge in [0.25, 0.3) is 5.91 Å². The van der Waals surface area contributed by atoms with E-state index in [0.29, 0.717) is 5.92 Å². The number of benzene rings is 1. The molecule has 2 rings (SSSR count). The molecule has 0 aliphatic carbocycles. The fourth-order valence-corrected chi connectivity index (χ4v) is 2.26. The Balaban J connectivity index is 1.74. The lowest BCUT2D eigenvalue weighted by Gasteiger charge is -2.39. The van der Waals surface area contributed by atoms with E-state index >= 15 is 0 Å². The van der Waals surface area contributed by atoms with Crippen molar-refractivity contribution in [3.63, 3.8) is 0 Å². The van der Waals surface area contributed by atoms with Gasteiger partial charge in [-0.2, -0.15) is 0 Å². The van der Waals surface area contributed by atoms with Crippen LogP contribution in [0.3, 0.4) is 0 Å². The molecule has 0 atom stereocenters. The van der Waals surface area contributed by atoms with Crippen LogP contribution in [0.25, 0.3) is 0 Å². The quantitative estimate of drug-likeness (QED) is 0.788. The van der Waals surface area contributed by atoms with Gasteiger partial charge in [-0.3, -0.25) is 4.79 Å². The fourth-order valence-electron chi connectivity index (χ4n) is 2.26. The highest BCUT2D eigenvalue weighted by Gasteiger charge is 2.30. The minimum atomic E-state index is 0.167. The Kier molecular flexibility index (Phi) is 4.15. The predicted molar refractivity (Wildman–Crippen MR) is 68.7 cm³/mol. The maximum absolute atomic E-state index is 12.0. The lowest BCUT2D eigenvalue weighted by molar-refractivity contribution is 0.0481. The summed E-state index contributed by atoms with van der Waals surface area (Å²) in [6, 6.07) is 9.51. The van der Waals surface area contributed by atoms with E-state index in [2.05, 4.69) is 0 Å². The molecule has 0 spiro atoms. The van der Waals surface area contributed by atoms with Crippen molar-refractivity contribution in [2.75, 3.05) is 19.6 Å². The van der Waals surface area contributed by atoms with Crippen LogP contribution < -0.4 is 5.73 Å². The second kappa shape index (κ2) is 5.82. The third kappa shape index (κ3) is 3.07. The molecule has 1 heterocycles. The SMILES string of the molecule is NCCCCC1CN(C(=O)c2ccccc2)C1. The first-order valence-electron chi connectivity index (χ1n) is 6.35. The summed E-state index contributed by atoms with van der Waals surface area (Å²) in [5.74, 6) is 0.856. The zero-order chi connectivity index (χ0) is 12.1. The molecular weight excluding hydrogens is 212 g/mol. The molecule has 2 N–H and O–H groups in total. The lowest BCUT2D eigenvalue weighted by atomic mass is 9.93. The van der Waals surface area contributed by atoms with Crippen molar-refractivity contribution in [3.05, 3.63) is 35.9 Å². The fraction of sp³-hybridized carbons (Fsp3) is 0.500. The van der Waals surface area contributed by atoms with Crippen molar-refractivity contribution in [1.82, 2.24) is 4.90 Å².